The van der Waals surface area contributed by atoms with Gasteiger partial charge >= 0.3 is 6.29 Å². The molecular formula is C33H39F2N3O5S. The van der Waals surface area contributed by atoms with Gasteiger partial charge in [-0.1, -0.05) is 69.9 Å². The van der Waals surface area contributed by atoms with Crippen molar-refractivity contribution in [3.63, 3.8) is 0 Å². The van der Waals surface area contributed by atoms with Gasteiger partial charge in [0.25, 0.3) is 5.91 Å². The summed E-state index contributed by atoms with van der Waals surface area (Å²) in [7, 11) is -3.99. The average Bonchev–Trinajstić information content (AvgIpc) is 3.56. The van der Waals surface area contributed by atoms with Crippen LogP contribution in [0, 0.1) is 0 Å². The second-order valence-electron chi connectivity index (χ2n) is 12.3. The van der Waals surface area contributed by atoms with E-state index in [2.05, 4.69) is 25.1 Å². The number of hydrogen-bond acceptors (Lipinski definition) is 6. The number of aromatic nitrogens is 1. The third kappa shape index (κ3) is 6.78. The van der Waals surface area contributed by atoms with Crippen molar-refractivity contribution in [1.82, 2.24) is 15.6 Å². The molecule has 11 heteroatoms. The van der Waals surface area contributed by atoms with E-state index in [-0.39, 0.29) is 39.3 Å². The molecule has 0 unspecified atom stereocenters. The summed E-state index contributed by atoms with van der Waals surface area (Å²) in [6.45, 7) is 0.963. The van der Waals surface area contributed by atoms with Crippen molar-refractivity contribution in [1.29, 1.82) is 0 Å². The molecule has 3 aromatic rings. The number of aromatic amines is 1. The lowest BCUT2D eigenvalue weighted by molar-refractivity contribution is -0.286. The zero-order chi connectivity index (χ0) is 30.8. The first kappa shape index (κ1) is 30.6. The Morgan fingerprint density at radius 1 is 0.818 bits per heavy atom. The Kier molecular flexibility index (Phi) is 8.70. The summed E-state index contributed by atoms with van der Waals surface area (Å²) in [5.41, 5.74) is 3.59. The minimum atomic E-state index is -3.99. The van der Waals surface area contributed by atoms with Gasteiger partial charge in [-0.05, 0) is 54.3 Å². The smallest absolute Gasteiger partial charge is 0.395 e. The van der Waals surface area contributed by atoms with Gasteiger partial charge in [0.1, 0.15) is 5.69 Å². The molecule has 0 bridgehead atoms. The normalized spacial score (nSPS) is 19.9. The Hall–Kier alpha value is -3.44. The molecule has 1 spiro atoms. The summed E-state index contributed by atoms with van der Waals surface area (Å²) in [6.07, 6.45) is 11.1. The van der Waals surface area contributed by atoms with Gasteiger partial charge in [0, 0.05) is 36.8 Å². The molecule has 6 rings (SSSR count). The van der Waals surface area contributed by atoms with Crippen LogP contribution >= 0.6 is 0 Å². The van der Waals surface area contributed by atoms with Crippen LogP contribution in [0.5, 0.6) is 11.5 Å². The van der Waals surface area contributed by atoms with Gasteiger partial charge < -0.3 is 25.1 Å². The molecule has 1 aromatic heterocycles. The summed E-state index contributed by atoms with van der Waals surface area (Å²) in [5.74, 6) is -0.787. The molecule has 1 aliphatic carbocycles. The van der Waals surface area contributed by atoms with Gasteiger partial charge in [-0.25, -0.2) is 8.42 Å². The minimum Gasteiger partial charge on any atom is -0.395 e. The van der Waals surface area contributed by atoms with Gasteiger partial charge in [-0.2, -0.15) is 0 Å². The van der Waals surface area contributed by atoms with Crippen LogP contribution < -0.4 is 20.1 Å². The van der Waals surface area contributed by atoms with Crippen LogP contribution in [0.1, 0.15) is 97.9 Å². The third-order valence-corrected chi connectivity index (χ3v) is 10.9. The maximum Gasteiger partial charge on any atom is 0.586 e. The molecule has 3 aliphatic rings. The van der Waals surface area contributed by atoms with E-state index in [9.17, 15) is 22.0 Å². The quantitative estimate of drug-likeness (QED) is 0.288. The van der Waals surface area contributed by atoms with E-state index in [0.717, 1.165) is 49.2 Å². The van der Waals surface area contributed by atoms with Gasteiger partial charge in [0.05, 0.1) is 9.79 Å². The van der Waals surface area contributed by atoms with Crippen LogP contribution in [-0.4, -0.2) is 31.1 Å². The number of halogens is 2. The molecule has 236 valence electrons. The summed E-state index contributed by atoms with van der Waals surface area (Å²) < 4.78 is 61.6. The molecule has 2 aromatic carbocycles. The summed E-state index contributed by atoms with van der Waals surface area (Å²) in [6, 6.07) is 11.4. The Bertz CT molecular complexity index is 1590. The van der Waals surface area contributed by atoms with Crippen LogP contribution in [-0.2, 0) is 29.3 Å². The minimum absolute atomic E-state index is 0.0107. The molecule has 0 atom stereocenters. The van der Waals surface area contributed by atoms with Crippen molar-refractivity contribution in [3.8, 4) is 11.5 Å². The third-order valence-electron chi connectivity index (χ3n) is 9.09. The van der Waals surface area contributed by atoms with E-state index in [4.69, 9.17) is 0 Å². The molecule has 1 saturated carbocycles. The summed E-state index contributed by atoms with van der Waals surface area (Å²) >= 11 is 0. The summed E-state index contributed by atoms with van der Waals surface area (Å²) in [4.78, 5) is 16.3. The Labute approximate surface area is 256 Å². The first-order chi connectivity index (χ1) is 21.1. The number of carbonyl (C=O) groups is 1. The number of nitrogens with one attached hydrogen (secondary N) is 3. The zero-order valence-corrected chi connectivity index (χ0v) is 25.5. The van der Waals surface area contributed by atoms with Crippen molar-refractivity contribution in [2.75, 3.05) is 0 Å². The SMILES string of the molecule is O=C(NCc1ccc(S(=O)(=O)c2ccc3c(c2)OC(F)(F)O3)cc1)c1cc2c([nH]1)CC1(CCCCCCCCCCC1)NC2. The second-order valence-corrected chi connectivity index (χ2v) is 14.2. The molecule has 3 N–H and O–H groups in total. The zero-order valence-electron chi connectivity index (χ0n) is 24.7. The lowest BCUT2D eigenvalue weighted by Crippen LogP contribution is -2.49. The van der Waals surface area contributed by atoms with Gasteiger partial charge in [0.15, 0.2) is 11.5 Å². The lowest BCUT2D eigenvalue weighted by Gasteiger charge is -2.39. The lowest BCUT2D eigenvalue weighted by atomic mass is 9.79. The number of fused-ring (bicyclic) bond motifs is 2. The molecule has 1 fully saturated rings. The van der Waals surface area contributed by atoms with E-state index in [0.29, 0.717) is 11.3 Å². The van der Waals surface area contributed by atoms with Crippen molar-refractivity contribution in [2.45, 2.75) is 112 Å². The number of rotatable bonds is 5. The fourth-order valence-electron chi connectivity index (χ4n) is 6.60. The van der Waals surface area contributed by atoms with Gasteiger partial charge in [-0.3, -0.25) is 4.79 Å². The van der Waals surface area contributed by atoms with Crippen LogP contribution in [0.25, 0.3) is 0 Å². The maximum absolute atomic E-state index is 13.3. The number of H-pyrrole nitrogens is 1. The van der Waals surface area contributed by atoms with Crippen molar-refractivity contribution >= 4 is 15.7 Å². The van der Waals surface area contributed by atoms with Crippen LogP contribution in [0.2, 0.25) is 0 Å². The summed E-state index contributed by atoms with van der Waals surface area (Å²) in [5, 5.41) is 6.78. The van der Waals surface area contributed by atoms with E-state index < -0.39 is 16.1 Å². The largest absolute Gasteiger partial charge is 0.586 e. The number of sulfone groups is 1. The Morgan fingerprint density at radius 3 is 2.11 bits per heavy atom. The molecule has 44 heavy (non-hydrogen) atoms. The Morgan fingerprint density at radius 2 is 1.43 bits per heavy atom. The Balaban J connectivity index is 1.07. The molecule has 0 saturated heterocycles. The molecule has 0 radical (unpaired) electrons. The molecule has 8 nitrogen and oxygen atoms in total. The second kappa shape index (κ2) is 12.5. The van der Waals surface area contributed by atoms with E-state index in [1.54, 1.807) is 12.1 Å². The number of carbonyl (C=O) groups excluding carboxylic acids is 1. The fourth-order valence-corrected chi connectivity index (χ4v) is 7.88. The first-order valence-electron chi connectivity index (χ1n) is 15.6. The van der Waals surface area contributed by atoms with Crippen LogP contribution in [0.4, 0.5) is 8.78 Å². The average molecular weight is 628 g/mol. The highest BCUT2D eigenvalue weighted by Gasteiger charge is 2.44. The topological polar surface area (TPSA) is 110 Å². The van der Waals surface area contributed by atoms with E-state index >= 15 is 0 Å². The monoisotopic (exact) mass is 627 g/mol. The number of hydrogen-bond donors (Lipinski definition) is 3. The standard InChI is InChI=1S/C33H39F2N3O5S/c34-33(35)42-29-15-14-26(19-30(29)43-33)44(40,41)25-12-10-23(11-13-25)21-36-31(39)27-18-24-22-37-32(20-28(24)38-27)16-8-6-4-2-1-3-5-7-9-17-32/h10-15,18-19,37-38H,1-9,16-17,20-22H2,(H,36,39). The van der Waals surface area contributed by atoms with Crippen molar-refractivity contribution < 1.29 is 31.5 Å². The molecular weight excluding hydrogens is 588 g/mol. The van der Waals surface area contributed by atoms with E-state index in [1.807, 2.05) is 6.07 Å². The molecule has 3 heterocycles. The number of ether oxygens (including phenoxy) is 2. The highest BCUT2D eigenvalue weighted by molar-refractivity contribution is 7.91. The van der Waals surface area contributed by atoms with Crippen molar-refractivity contribution in [2.24, 2.45) is 0 Å². The molecule has 1 amide bonds. The molecule has 2 aliphatic heterocycles. The predicted molar refractivity (Wildman–Crippen MR) is 161 cm³/mol. The van der Waals surface area contributed by atoms with E-state index in [1.165, 1.54) is 76.0 Å². The first-order valence-corrected chi connectivity index (χ1v) is 17.1. The number of amides is 1. The highest BCUT2D eigenvalue weighted by Crippen LogP contribution is 2.42. The van der Waals surface area contributed by atoms with Crippen molar-refractivity contribution in [3.05, 3.63) is 71.0 Å². The number of alkyl halides is 2. The maximum atomic E-state index is 13.3. The van der Waals surface area contributed by atoms with Crippen LogP contribution in [0.3, 0.4) is 0 Å². The number of benzene rings is 2. The van der Waals surface area contributed by atoms with Gasteiger partial charge in [-0.15, -0.1) is 8.78 Å². The van der Waals surface area contributed by atoms with Crippen LogP contribution in [0.15, 0.2) is 58.3 Å². The fraction of sp³-hybridized carbons (Fsp3) is 0.485. The highest BCUT2D eigenvalue weighted by atomic mass is 32.2. The predicted octanol–water partition coefficient (Wildman–Crippen LogP) is 6.79. The van der Waals surface area contributed by atoms with Gasteiger partial charge in [0.2, 0.25) is 9.84 Å².